The van der Waals surface area contributed by atoms with Crippen LogP contribution in [0.25, 0.3) is 21.3 Å². The molecule has 2 N–H and O–H groups in total. The van der Waals surface area contributed by atoms with E-state index in [1.165, 1.54) is 21.2 Å². The highest BCUT2D eigenvalue weighted by atomic mass is 32.1. The van der Waals surface area contributed by atoms with Crippen molar-refractivity contribution in [3.05, 3.63) is 53.0 Å². The molecular weight excluding hydrogens is 264 g/mol. The van der Waals surface area contributed by atoms with E-state index in [0.717, 1.165) is 10.7 Å². The molecule has 1 heterocycles. The van der Waals surface area contributed by atoms with Crippen LogP contribution in [0.3, 0.4) is 0 Å². The lowest BCUT2D eigenvalue weighted by molar-refractivity contribution is 0.814. The molecule has 2 aromatic carbocycles. The summed E-state index contributed by atoms with van der Waals surface area (Å²) in [6, 6.07) is 14.8. The topological polar surface area (TPSA) is 38.9 Å². The normalized spacial score (nSPS) is 11.4. The Labute approximate surface area is 123 Å². The zero-order valence-corrected chi connectivity index (χ0v) is 12.6. The van der Waals surface area contributed by atoms with Gasteiger partial charge in [0.25, 0.3) is 0 Å². The predicted octanol–water partition coefficient (Wildman–Crippen LogP) is 4.55. The third-order valence-electron chi connectivity index (χ3n) is 3.48. The molecule has 0 aliphatic rings. The predicted molar refractivity (Wildman–Crippen MR) is 87.0 cm³/mol. The molecule has 0 aliphatic carbocycles. The quantitative estimate of drug-likeness (QED) is 0.765. The first-order chi connectivity index (χ1) is 9.70. The van der Waals surface area contributed by atoms with Crippen molar-refractivity contribution in [3.63, 3.8) is 0 Å². The number of hydrogen-bond acceptors (Lipinski definition) is 3. The summed E-state index contributed by atoms with van der Waals surface area (Å²) in [5, 5.41) is 3.58. The van der Waals surface area contributed by atoms with Crippen LogP contribution in [0.5, 0.6) is 0 Å². The SMILES string of the molecule is CC(C)c1nc(-c2cccc3ccccc23)sc1CN. The van der Waals surface area contributed by atoms with Crippen molar-refractivity contribution in [1.82, 2.24) is 4.98 Å². The summed E-state index contributed by atoms with van der Waals surface area (Å²) < 4.78 is 0. The number of fused-ring (bicyclic) bond motifs is 1. The first kappa shape index (κ1) is 13.3. The van der Waals surface area contributed by atoms with E-state index in [9.17, 15) is 0 Å². The van der Waals surface area contributed by atoms with Crippen LogP contribution in [0.15, 0.2) is 42.5 Å². The van der Waals surface area contributed by atoms with E-state index >= 15 is 0 Å². The lowest BCUT2D eigenvalue weighted by atomic mass is 10.0. The molecule has 0 spiro atoms. The van der Waals surface area contributed by atoms with E-state index in [4.69, 9.17) is 10.7 Å². The fraction of sp³-hybridized carbons (Fsp3) is 0.235. The van der Waals surface area contributed by atoms with Crippen molar-refractivity contribution in [3.8, 4) is 10.6 Å². The molecule has 2 nitrogen and oxygen atoms in total. The van der Waals surface area contributed by atoms with Crippen LogP contribution in [-0.2, 0) is 6.54 Å². The van der Waals surface area contributed by atoms with Gasteiger partial charge >= 0.3 is 0 Å². The van der Waals surface area contributed by atoms with E-state index in [1.54, 1.807) is 11.3 Å². The Balaban J connectivity index is 2.21. The standard InChI is InChI=1S/C17H18N2S/c1-11(2)16-15(10-18)20-17(19-16)14-9-5-7-12-6-3-4-8-13(12)14/h3-9,11H,10,18H2,1-2H3. The van der Waals surface area contributed by atoms with Gasteiger partial charge in [-0.3, -0.25) is 0 Å². The van der Waals surface area contributed by atoms with Gasteiger partial charge in [0.05, 0.1) is 5.69 Å². The number of benzene rings is 2. The zero-order chi connectivity index (χ0) is 14.1. The Morgan fingerprint density at radius 1 is 1.10 bits per heavy atom. The van der Waals surface area contributed by atoms with E-state index in [0.29, 0.717) is 12.5 Å². The van der Waals surface area contributed by atoms with Gasteiger partial charge in [0.2, 0.25) is 0 Å². The van der Waals surface area contributed by atoms with E-state index in [2.05, 4.69) is 56.3 Å². The van der Waals surface area contributed by atoms with E-state index < -0.39 is 0 Å². The molecule has 0 aliphatic heterocycles. The van der Waals surface area contributed by atoms with Gasteiger partial charge in [0, 0.05) is 17.0 Å². The number of hydrogen-bond donors (Lipinski definition) is 1. The van der Waals surface area contributed by atoms with Crippen molar-refractivity contribution in [2.45, 2.75) is 26.3 Å². The largest absolute Gasteiger partial charge is 0.326 e. The Hall–Kier alpha value is -1.71. The maximum atomic E-state index is 5.86. The fourth-order valence-electron chi connectivity index (χ4n) is 2.49. The lowest BCUT2D eigenvalue weighted by Gasteiger charge is -2.03. The molecule has 1 aromatic heterocycles. The first-order valence-corrected chi connectivity index (χ1v) is 7.70. The van der Waals surface area contributed by atoms with Gasteiger partial charge in [0.1, 0.15) is 5.01 Å². The Morgan fingerprint density at radius 2 is 1.85 bits per heavy atom. The van der Waals surface area contributed by atoms with Crippen LogP contribution in [0.4, 0.5) is 0 Å². The van der Waals surface area contributed by atoms with Crippen LogP contribution in [0.1, 0.15) is 30.3 Å². The number of nitrogens with zero attached hydrogens (tertiary/aromatic N) is 1. The molecule has 102 valence electrons. The van der Waals surface area contributed by atoms with Crippen LogP contribution < -0.4 is 5.73 Å². The maximum absolute atomic E-state index is 5.86. The molecule has 0 bridgehead atoms. The minimum atomic E-state index is 0.411. The minimum Gasteiger partial charge on any atom is -0.326 e. The molecule has 0 amide bonds. The Morgan fingerprint density at radius 3 is 2.55 bits per heavy atom. The molecule has 3 rings (SSSR count). The molecule has 0 radical (unpaired) electrons. The van der Waals surface area contributed by atoms with Crippen molar-refractivity contribution >= 4 is 22.1 Å². The molecule has 0 unspecified atom stereocenters. The third kappa shape index (κ3) is 2.23. The van der Waals surface area contributed by atoms with Crippen LogP contribution in [0.2, 0.25) is 0 Å². The highest BCUT2D eigenvalue weighted by Gasteiger charge is 2.15. The second-order valence-corrected chi connectivity index (χ2v) is 6.30. The number of aromatic nitrogens is 1. The summed E-state index contributed by atoms with van der Waals surface area (Å²) in [6.07, 6.45) is 0. The Kier molecular flexibility index (Phi) is 3.55. The maximum Gasteiger partial charge on any atom is 0.124 e. The van der Waals surface area contributed by atoms with Gasteiger partial charge in [-0.05, 0) is 16.7 Å². The summed E-state index contributed by atoms with van der Waals surface area (Å²) in [5.41, 5.74) is 8.21. The second kappa shape index (κ2) is 5.35. The summed E-state index contributed by atoms with van der Waals surface area (Å²) in [5.74, 6) is 0.411. The van der Waals surface area contributed by atoms with Gasteiger partial charge in [0.15, 0.2) is 0 Å². The summed E-state index contributed by atoms with van der Waals surface area (Å²) in [6.45, 7) is 4.90. The van der Waals surface area contributed by atoms with Crippen molar-refractivity contribution in [2.24, 2.45) is 5.73 Å². The molecule has 0 saturated heterocycles. The van der Waals surface area contributed by atoms with Crippen molar-refractivity contribution < 1.29 is 0 Å². The monoisotopic (exact) mass is 282 g/mol. The smallest absolute Gasteiger partial charge is 0.124 e. The summed E-state index contributed by atoms with van der Waals surface area (Å²) in [7, 11) is 0. The first-order valence-electron chi connectivity index (χ1n) is 6.88. The molecule has 0 fully saturated rings. The number of nitrogens with two attached hydrogens (primary N) is 1. The van der Waals surface area contributed by atoms with Crippen LogP contribution in [0, 0.1) is 0 Å². The van der Waals surface area contributed by atoms with E-state index in [1.807, 2.05) is 0 Å². The van der Waals surface area contributed by atoms with Gasteiger partial charge in [-0.1, -0.05) is 56.3 Å². The van der Waals surface area contributed by atoms with Gasteiger partial charge in [-0.2, -0.15) is 0 Å². The third-order valence-corrected chi connectivity index (χ3v) is 4.61. The summed E-state index contributed by atoms with van der Waals surface area (Å²) in [4.78, 5) is 6.04. The highest BCUT2D eigenvalue weighted by Crippen LogP contribution is 2.35. The van der Waals surface area contributed by atoms with Crippen molar-refractivity contribution in [1.29, 1.82) is 0 Å². The van der Waals surface area contributed by atoms with Gasteiger partial charge in [-0.25, -0.2) is 4.98 Å². The van der Waals surface area contributed by atoms with Gasteiger partial charge in [-0.15, -0.1) is 11.3 Å². The molecule has 20 heavy (non-hydrogen) atoms. The minimum absolute atomic E-state index is 0.411. The van der Waals surface area contributed by atoms with E-state index in [-0.39, 0.29) is 0 Å². The highest BCUT2D eigenvalue weighted by molar-refractivity contribution is 7.15. The molecule has 0 saturated carbocycles. The van der Waals surface area contributed by atoms with Crippen molar-refractivity contribution in [2.75, 3.05) is 0 Å². The zero-order valence-electron chi connectivity index (χ0n) is 11.8. The average molecular weight is 282 g/mol. The van der Waals surface area contributed by atoms with Crippen LogP contribution >= 0.6 is 11.3 Å². The molecule has 0 atom stereocenters. The lowest BCUT2D eigenvalue weighted by Crippen LogP contribution is -1.99. The molecule has 3 heteroatoms. The summed E-state index contributed by atoms with van der Waals surface area (Å²) >= 11 is 1.72. The average Bonchev–Trinajstić information content (AvgIpc) is 2.91. The second-order valence-electron chi connectivity index (χ2n) is 5.21. The Bertz CT molecular complexity index is 738. The number of rotatable bonds is 3. The van der Waals surface area contributed by atoms with Gasteiger partial charge < -0.3 is 5.73 Å². The molecule has 3 aromatic rings. The number of thiazole rings is 1. The molecular formula is C17H18N2S. The fourth-order valence-corrected chi connectivity index (χ4v) is 3.62. The van der Waals surface area contributed by atoms with Crippen LogP contribution in [-0.4, -0.2) is 4.98 Å².